The van der Waals surface area contributed by atoms with E-state index in [1.807, 2.05) is 0 Å². The second kappa shape index (κ2) is 5.24. The van der Waals surface area contributed by atoms with Gasteiger partial charge in [-0.3, -0.25) is 4.79 Å². The number of aliphatic hydroxyl groups is 1. The van der Waals surface area contributed by atoms with Crippen molar-refractivity contribution in [2.24, 2.45) is 5.10 Å². The highest BCUT2D eigenvalue weighted by atomic mass is 19.4. The minimum Gasteiger partial charge on any atom is -0.383 e. The number of carbonyl (C=O) groups is 1. The first kappa shape index (κ1) is 14.5. The highest BCUT2D eigenvalue weighted by Crippen LogP contribution is 2.31. The molecule has 1 heterocycles. The van der Waals surface area contributed by atoms with Crippen molar-refractivity contribution < 1.29 is 23.1 Å². The molecule has 0 saturated heterocycles. The van der Waals surface area contributed by atoms with Gasteiger partial charge >= 0.3 is 6.18 Å². The summed E-state index contributed by atoms with van der Waals surface area (Å²) in [6.07, 6.45) is -5.60. The summed E-state index contributed by atoms with van der Waals surface area (Å²) < 4.78 is 38.0. The number of rotatable bonds is 2. The fourth-order valence-electron chi connectivity index (χ4n) is 1.99. The Morgan fingerprint density at radius 1 is 1.45 bits per heavy atom. The second-order valence-corrected chi connectivity index (χ2v) is 4.64. The first-order valence-electron chi connectivity index (χ1n) is 6.00. The van der Waals surface area contributed by atoms with E-state index in [4.69, 9.17) is 0 Å². The number of hydrogen-bond acceptors (Lipinski definition) is 3. The molecule has 0 radical (unpaired) electrons. The second-order valence-electron chi connectivity index (χ2n) is 4.64. The third-order valence-corrected chi connectivity index (χ3v) is 3.23. The SMILES string of the molecule is CC(C1=NNC(=O)C(O)C1)c1cccc(C(F)(F)F)c1. The molecule has 1 amide bonds. The summed E-state index contributed by atoms with van der Waals surface area (Å²) in [5.74, 6) is -1.03. The van der Waals surface area contributed by atoms with Crippen molar-refractivity contribution in [2.45, 2.75) is 31.5 Å². The van der Waals surface area contributed by atoms with Gasteiger partial charge in [0.1, 0.15) is 6.10 Å². The zero-order chi connectivity index (χ0) is 14.9. The van der Waals surface area contributed by atoms with Crippen LogP contribution in [0, 0.1) is 0 Å². The Morgan fingerprint density at radius 2 is 2.15 bits per heavy atom. The lowest BCUT2D eigenvalue weighted by molar-refractivity contribution is -0.137. The van der Waals surface area contributed by atoms with E-state index in [-0.39, 0.29) is 6.42 Å². The molecule has 1 aliphatic rings. The monoisotopic (exact) mass is 286 g/mol. The smallest absolute Gasteiger partial charge is 0.383 e. The van der Waals surface area contributed by atoms with Gasteiger partial charge in [-0.15, -0.1) is 0 Å². The molecule has 20 heavy (non-hydrogen) atoms. The Kier molecular flexibility index (Phi) is 3.80. The van der Waals surface area contributed by atoms with Crippen molar-refractivity contribution in [3.05, 3.63) is 35.4 Å². The van der Waals surface area contributed by atoms with Gasteiger partial charge in [0.25, 0.3) is 5.91 Å². The largest absolute Gasteiger partial charge is 0.416 e. The maximum absolute atomic E-state index is 12.7. The van der Waals surface area contributed by atoms with Crippen LogP contribution in [-0.2, 0) is 11.0 Å². The Hall–Kier alpha value is -1.89. The lowest BCUT2D eigenvalue weighted by Gasteiger charge is -2.22. The number of hydrazone groups is 1. The summed E-state index contributed by atoms with van der Waals surface area (Å²) in [7, 11) is 0. The van der Waals surface area contributed by atoms with Gasteiger partial charge in [0, 0.05) is 18.1 Å². The third-order valence-electron chi connectivity index (χ3n) is 3.23. The number of nitrogens with zero attached hydrogens (tertiary/aromatic N) is 1. The van der Waals surface area contributed by atoms with Crippen molar-refractivity contribution >= 4 is 11.6 Å². The van der Waals surface area contributed by atoms with Gasteiger partial charge in [0.05, 0.1) is 5.56 Å². The molecular weight excluding hydrogens is 273 g/mol. The standard InChI is InChI=1S/C13H13F3N2O2/c1-7(10-6-11(19)12(20)18-17-10)8-3-2-4-9(5-8)13(14,15)16/h2-5,7,11,19H,6H2,1H3,(H,18,20). The third kappa shape index (κ3) is 2.98. The zero-order valence-corrected chi connectivity index (χ0v) is 10.6. The summed E-state index contributed by atoms with van der Waals surface area (Å²) in [6, 6.07) is 4.93. The van der Waals surface area contributed by atoms with E-state index in [1.54, 1.807) is 13.0 Å². The summed E-state index contributed by atoms with van der Waals surface area (Å²) in [5.41, 5.74) is 2.29. The molecule has 2 N–H and O–H groups in total. The van der Waals surface area contributed by atoms with E-state index in [0.29, 0.717) is 11.3 Å². The number of nitrogens with one attached hydrogen (secondary N) is 1. The fraction of sp³-hybridized carbons (Fsp3) is 0.385. The summed E-state index contributed by atoms with van der Waals surface area (Å²) in [6.45, 7) is 1.68. The lowest BCUT2D eigenvalue weighted by atomic mass is 9.91. The molecule has 2 atom stereocenters. The minimum atomic E-state index is -4.40. The van der Waals surface area contributed by atoms with Crippen molar-refractivity contribution in [1.29, 1.82) is 0 Å². The first-order chi connectivity index (χ1) is 9.29. The van der Waals surface area contributed by atoms with Gasteiger partial charge in [-0.05, 0) is 11.6 Å². The van der Waals surface area contributed by atoms with Crippen LogP contribution in [0.3, 0.4) is 0 Å². The van der Waals surface area contributed by atoms with Crippen LogP contribution in [0.5, 0.6) is 0 Å². The topological polar surface area (TPSA) is 61.7 Å². The average molecular weight is 286 g/mol. The van der Waals surface area contributed by atoms with Gasteiger partial charge in [-0.1, -0.05) is 25.1 Å². The Balaban J connectivity index is 2.26. The van der Waals surface area contributed by atoms with Gasteiger partial charge in [-0.25, -0.2) is 5.43 Å². The number of carbonyl (C=O) groups excluding carboxylic acids is 1. The highest BCUT2D eigenvalue weighted by Gasteiger charge is 2.32. The van der Waals surface area contributed by atoms with Crippen LogP contribution in [0.4, 0.5) is 13.2 Å². The van der Waals surface area contributed by atoms with E-state index >= 15 is 0 Å². The molecule has 0 spiro atoms. The molecule has 0 aromatic heterocycles. The minimum absolute atomic E-state index is 0.0171. The van der Waals surface area contributed by atoms with Crippen LogP contribution in [-0.4, -0.2) is 22.8 Å². The predicted molar refractivity (Wildman–Crippen MR) is 66.1 cm³/mol. The molecule has 0 fully saturated rings. The molecule has 108 valence electrons. The van der Waals surface area contributed by atoms with Crippen molar-refractivity contribution in [1.82, 2.24) is 5.43 Å². The van der Waals surface area contributed by atoms with Gasteiger partial charge in [-0.2, -0.15) is 18.3 Å². The van der Waals surface area contributed by atoms with Crippen molar-refractivity contribution in [3.63, 3.8) is 0 Å². The van der Waals surface area contributed by atoms with E-state index in [0.717, 1.165) is 12.1 Å². The molecule has 1 aromatic rings. The van der Waals surface area contributed by atoms with E-state index in [1.165, 1.54) is 6.07 Å². The number of benzene rings is 1. The molecule has 0 bridgehead atoms. The number of alkyl halides is 3. The molecule has 1 aromatic carbocycles. The van der Waals surface area contributed by atoms with Crippen LogP contribution >= 0.6 is 0 Å². The highest BCUT2D eigenvalue weighted by molar-refractivity contribution is 5.98. The number of halogens is 3. The Morgan fingerprint density at radius 3 is 2.75 bits per heavy atom. The molecule has 7 heteroatoms. The average Bonchev–Trinajstić information content (AvgIpc) is 2.40. The van der Waals surface area contributed by atoms with Crippen LogP contribution in [0.15, 0.2) is 29.4 Å². The van der Waals surface area contributed by atoms with E-state index in [2.05, 4.69) is 10.5 Å². The molecule has 2 rings (SSSR count). The Bertz CT molecular complexity index is 555. The first-order valence-corrected chi connectivity index (χ1v) is 6.00. The molecule has 0 aliphatic carbocycles. The molecular formula is C13H13F3N2O2. The summed E-state index contributed by atoms with van der Waals surface area (Å²) in [4.78, 5) is 11.1. The summed E-state index contributed by atoms with van der Waals surface area (Å²) >= 11 is 0. The quantitative estimate of drug-likeness (QED) is 0.874. The van der Waals surface area contributed by atoms with Crippen LogP contribution in [0.2, 0.25) is 0 Å². The lowest BCUT2D eigenvalue weighted by Crippen LogP contribution is -2.39. The van der Waals surface area contributed by atoms with Gasteiger partial charge in [0.2, 0.25) is 0 Å². The summed E-state index contributed by atoms with van der Waals surface area (Å²) in [5, 5.41) is 13.3. The van der Waals surface area contributed by atoms with Gasteiger partial charge in [0.15, 0.2) is 0 Å². The molecule has 4 nitrogen and oxygen atoms in total. The van der Waals surface area contributed by atoms with E-state index in [9.17, 15) is 23.1 Å². The van der Waals surface area contributed by atoms with Crippen LogP contribution in [0.1, 0.15) is 30.4 Å². The van der Waals surface area contributed by atoms with E-state index < -0.39 is 29.7 Å². The van der Waals surface area contributed by atoms with Crippen LogP contribution < -0.4 is 5.43 Å². The van der Waals surface area contributed by atoms with Gasteiger partial charge < -0.3 is 5.11 Å². The maximum atomic E-state index is 12.7. The Labute approximate surface area is 113 Å². The zero-order valence-electron chi connectivity index (χ0n) is 10.6. The molecule has 1 aliphatic heterocycles. The van der Waals surface area contributed by atoms with Crippen molar-refractivity contribution in [2.75, 3.05) is 0 Å². The normalized spacial score (nSPS) is 21.1. The fourth-order valence-corrected chi connectivity index (χ4v) is 1.99. The number of aliphatic hydroxyl groups excluding tert-OH is 1. The molecule has 0 saturated carbocycles. The number of hydrogen-bond donors (Lipinski definition) is 2. The predicted octanol–water partition coefficient (Wildman–Crippen LogP) is 2.05. The number of amides is 1. The van der Waals surface area contributed by atoms with Crippen molar-refractivity contribution in [3.8, 4) is 0 Å². The maximum Gasteiger partial charge on any atom is 0.416 e. The molecule has 2 unspecified atom stereocenters. The van der Waals surface area contributed by atoms with Crippen LogP contribution in [0.25, 0.3) is 0 Å².